The molecule has 0 saturated carbocycles. The van der Waals surface area contributed by atoms with Crippen molar-refractivity contribution in [3.63, 3.8) is 0 Å². The van der Waals surface area contributed by atoms with Gasteiger partial charge in [-0.2, -0.15) is 0 Å². The van der Waals surface area contributed by atoms with Crippen LogP contribution in [0.5, 0.6) is 0 Å². The number of anilines is 1. The van der Waals surface area contributed by atoms with Crippen LogP contribution in [-0.4, -0.2) is 30.2 Å². The van der Waals surface area contributed by atoms with Gasteiger partial charge in [0, 0.05) is 18.2 Å². The molecule has 2 N–H and O–H groups in total. The molecule has 0 aliphatic carbocycles. The van der Waals surface area contributed by atoms with Gasteiger partial charge in [0.1, 0.15) is 0 Å². The second-order valence-corrected chi connectivity index (χ2v) is 6.65. The number of nitrogens with one attached hydrogen (secondary N) is 2. The normalized spacial score (nSPS) is 12.6. The van der Waals surface area contributed by atoms with Gasteiger partial charge in [-0.15, -0.1) is 11.3 Å². The highest BCUT2D eigenvalue weighted by Gasteiger charge is 2.13. The Bertz CT molecular complexity index is 597. The van der Waals surface area contributed by atoms with Crippen LogP contribution in [0.15, 0.2) is 22.5 Å². The molecule has 0 radical (unpaired) electrons. The molecule has 0 bridgehead atoms. The largest absolute Gasteiger partial charge is 0.326 e. The molecule has 1 aromatic carbocycles. The summed E-state index contributed by atoms with van der Waals surface area (Å²) < 4.78 is 2.15. The zero-order valence-corrected chi connectivity index (χ0v) is 13.5. The van der Waals surface area contributed by atoms with Crippen molar-refractivity contribution in [1.29, 1.82) is 0 Å². The maximum absolute atomic E-state index is 12.0. The first kappa shape index (κ1) is 15.3. The highest BCUT2D eigenvalue weighted by atomic mass is 32.2. The van der Waals surface area contributed by atoms with Crippen LogP contribution in [0.4, 0.5) is 5.69 Å². The summed E-state index contributed by atoms with van der Waals surface area (Å²) in [4.78, 5) is 16.5. The molecule has 1 amide bonds. The van der Waals surface area contributed by atoms with Gasteiger partial charge in [0.25, 0.3) is 0 Å². The lowest BCUT2D eigenvalue weighted by Crippen LogP contribution is -2.30. The van der Waals surface area contributed by atoms with E-state index in [1.54, 1.807) is 23.1 Å². The van der Waals surface area contributed by atoms with E-state index in [-0.39, 0.29) is 11.8 Å². The molecule has 6 heteroatoms. The predicted octanol–water partition coefficient (Wildman–Crippen LogP) is 3.20. The number of thiazole rings is 1. The van der Waals surface area contributed by atoms with Crippen molar-refractivity contribution in [2.45, 2.75) is 18.2 Å². The first-order valence-electron chi connectivity index (χ1n) is 6.60. The number of nitrogens with zero attached hydrogens (tertiary/aromatic N) is 1. The molecular weight excluding hydrogens is 290 g/mol. The zero-order valence-electron chi connectivity index (χ0n) is 11.9. The fourth-order valence-electron chi connectivity index (χ4n) is 1.79. The molecule has 108 valence electrons. The molecule has 2 aromatic rings. The third-order valence-corrected chi connectivity index (χ3v) is 4.96. The van der Waals surface area contributed by atoms with Crippen LogP contribution in [0.25, 0.3) is 10.2 Å². The highest BCUT2D eigenvalue weighted by Crippen LogP contribution is 2.30. The van der Waals surface area contributed by atoms with Crippen LogP contribution in [-0.2, 0) is 4.79 Å². The minimum Gasteiger partial charge on any atom is -0.326 e. The molecule has 0 fully saturated rings. The number of fused-ring (bicyclic) bond motifs is 1. The highest BCUT2D eigenvalue weighted by molar-refractivity contribution is 8.00. The number of rotatable bonds is 6. The molecule has 1 unspecified atom stereocenters. The SMILES string of the molecule is CCNCC(C)C(=O)Nc1ccc2nc(SC)sc2c1. The molecule has 1 heterocycles. The molecule has 0 spiro atoms. The van der Waals surface area contributed by atoms with Gasteiger partial charge in [0.2, 0.25) is 5.91 Å². The van der Waals surface area contributed by atoms with Crippen molar-refractivity contribution in [3.8, 4) is 0 Å². The summed E-state index contributed by atoms with van der Waals surface area (Å²) in [5.74, 6) is -0.00577. The van der Waals surface area contributed by atoms with E-state index in [1.165, 1.54) is 0 Å². The van der Waals surface area contributed by atoms with Crippen molar-refractivity contribution in [2.75, 3.05) is 24.7 Å². The number of amides is 1. The van der Waals surface area contributed by atoms with Crippen molar-refractivity contribution in [3.05, 3.63) is 18.2 Å². The number of hydrogen-bond acceptors (Lipinski definition) is 5. The van der Waals surface area contributed by atoms with E-state index >= 15 is 0 Å². The predicted molar refractivity (Wildman–Crippen MR) is 87.7 cm³/mol. The van der Waals surface area contributed by atoms with Crippen molar-refractivity contribution in [1.82, 2.24) is 10.3 Å². The Labute approximate surface area is 127 Å². The first-order chi connectivity index (χ1) is 9.63. The second kappa shape index (κ2) is 7.06. The summed E-state index contributed by atoms with van der Waals surface area (Å²) >= 11 is 3.29. The van der Waals surface area contributed by atoms with Gasteiger partial charge < -0.3 is 10.6 Å². The van der Waals surface area contributed by atoms with Gasteiger partial charge >= 0.3 is 0 Å². The van der Waals surface area contributed by atoms with E-state index in [0.29, 0.717) is 6.54 Å². The lowest BCUT2D eigenvalue weighted by Gasteiger charge is -2.12. The molecule has 1 atom stereocenters. The minimum atomic E-state index is -0.0473. The third-order valence-electron chi connectivity index (χ3n) is 2.96. The van der Waals surface area contributed by atoms with E-state index in [9.17, 15) is 4.79 Å². The third kappa shape index (κ3) is 3.71. The van der Waals surface area contributed by atoms with Gasteiger partial charge in [-0.05, 0) is 31.0 Å². The molecular formula is C14H19N3OS2. The Kier molecular flexibility index (Phi) is 5.39. The van der Waals surface area contributed by atoms with Crippen LogP contribution in [0.2, 0.25) is 0 Å². The van der Waals surface area contributed by atoms with E-state index in [2.05, 4.69) is 15.6 Å². The summed E-state index contributed by atoms with van der Waals surface area (Å²) in [6.07, 6.45) is 2.02. The average Bonchev–Trinajstić information content (AvgIpc) is 2.86. The number of aromatic nitrogens is 1. The van der Waals surface area contributed by atoms with Gasteiger partial charge in [0.05, 0.1) is 10.2 Å². The number of benzene rings is 1. The summed E-state index contributed by atoms with van der Waals surface area (Å²) in [5, 5.41) is 6.15. The van der Waals surface area contributed by atoms with Gasteiger partial charge in [-0.25, -0.2) is 4.98 Å². The van der Waals surface area contributed by atoms with E-state index < -0.39 is 0 Å². The average molecular weight is 309 g/mol. The van der Waals surface area contributed by atoms with Crippen molar-refractivity contribution < 1.29 is 4.79 Å². The van der Waals surface area contributed by atoms with E-state index in [0.717, 1.165) is 26.8 Å². The maximum atomic E-state index is 12.0. The van der Waals surface area contributed by atoms with Crippen LogP contribution < -0.4 is 10.6 Å². The zero-order chi connectivity index (χ0) is 14.5. The minimum absolute atomic E-state index is 0.0416. The summed E-state index contributed by atoms with van der Waals surface area (Å²) in [5.41, 5.74) is 1.82. The Morgan fingerprint density at radius 3 is 3.00 bits per heavy atom. The fraction of sp³-hybridized carbons (Fsp3) is 0.429. The maximum Gasteiger partial charge on any atom is 0.228 e. The molecule has 20 heavy (non-hydrogen) atoms. The van der Waals surface area contributed by atoms with Crippen LogP contribution in [0, 0.1) is 5.92 Å². The molecule has 4 nitrogen and oxygen atoms in total. The molecule has 0 aliphatic rings. The standard InChI is InChI=1S/C14H19N3OS2/c1-4-15-8-9(2)13(18)16-10-5-6-11-12(7-10)20-14(17-11)19-3/h5-7,9,15H,4,8H2,1-3H3,(H,16,18). The smallest absolute Gasteiger partial charge is 0.228 e. The van der Waals surface area contributed by atoms with E-state index in [1.807, 2.05) is 38.3 Å². The van der Waals surface area contributed by atoms with Gasteiger partial charge in [-0.3, -0.25) is 4.79 Å². The van der Waals surface area contributed by atoms with Gasteiger partial charge in [-0.1, -0.05) is 25.6 Å². The Morgan fingerprint density at radius 2 is 2.30 bits per heavy atom. The summed E-state index contributed by atoms with van der Waals surface area (Å²) in [7, 11) is 0. The molecule has 0 saturated heterocycles. The van der Waals surface area contributed by atoms with E-state index in [4.69, 9.17) is 0 Å². The fourth-order valence-corrected chi connectivity index (χ4v) is 3.32. The molecule has 2 rings (SSSR count). The summed E-state index contributed by atoms with van der Waals surface area (Å²) in [6.45, 7) is 5.53. The Balaban J connectivity index is 2.07. The number of thioether (sulfide) groups is 1. The first-order valence-corrected chi connectivity index (χ1v) is 8.64. The number of carbonyl (C=O) groups is 1. The lowest BCUT2D eigenvalue weighted by molar-refractivity contribution is -0.119. The Morgan fingerprint density at radius 1 is 1.50 bits per heavy atom. The topological polar surface area (TPSA) is 54.0 Å². The van der Waals surface area contributed by atoms with Crippen LogP contribution >= 0.6 is 23.1 Å². The van der Waals surface area contributed by atoms with Crippen molar-refractivity contribution >= 4 is 44.9 Å². The molecule has 1 aromatic heterocycles. The number of hydrogen-bond donors (Lipinski definition) is 2. The Hall–Kier alpha value is -1.11. The summed E-state index contributed by atoms with van der Waals surface area (Å²) in [6, 6.07) is 5.85. The lowest BCUT2D eigenvalue weighted by atomic mass is 10.1. The second-order valence-electron chi connectivity index (χ2n) is 4.56. The monoisotopic (exact) mass is 309 g/mol. The quantitative estimate of drug-likeness (QED) is 0.805. The van der Waals surface area contributed by atoms with Crippen LogP contribution in [0.3, 0.4) is 0 Å². The number of carbonyl (C=O) groups excluding carboxylic acids is 1. The van der Waals surface area contributed by atoms with Crippen molar-refractivity contribution in [2.24, 2.45) is 5.92 Å². The van der Waals surface area contributed by atoms with Crippen LogP contribution in [0.1, 0.15) is 13.8 Å². The van der Waals surface area contributed by atoms with Gasteiger partial charge in [0.15, 0.2) is 4.34 Å². The molecule has 0 aliphatic heterocycles.